The topological polar surface area (TPSA) is 76.1 Å². The number of hydrogen-bond donors (Lipinski definition) is 1. The van der Waals surface area contributed by atoms with Crippen molar-refractivity contribution in [2.75, 3.05) is 33.4 Å². The van der Waals surface area contributed by atoms with Crippen LogP contribution in [0.4, 0.5) is 4.39 Å². The van der Waals surface area contributed by atoms with E-state index in [4.69, 9.17) is 26.2 Å². The van der Waals surface area contributed by atoms with Crippen LogP contribution in [0.5, 0.6) is 5.75 Å². The quantitative estimate of drug-likeness (QED) is 0.784. The van der Waals surface area contributed by atoms with E-state index in [9.17, 15) is 14.0 Å². The van der Waals surface area contributed by atoms with E-state index in [0.717, 1.165) is 17.0 Å². The molecular formula is C13H15ClFNO5. The molecule has 0 unspecified atom stereocenters. The van der Waals surface area contributed by atoms with Crippen LogP contribution in [0, 0.1) is 5.82 Å². The molecular weight excluding hydrogens is 305 g/mol. The van der Waals surface area contributed by atoms with Gasteiger partial charge in [-0.15, -0.1) is 0 Å². The number of carboxylic acid groups (broad SMARTS) is 1. The first-order valence-electron chi connectivity index (χ1n) is 6.00. The Morgan fingerprint density at radius 1 is 1.43 bits per heavy atom. The second-order valence-corrected chi connectivity index (χ2v) is 4.47. The average molecular weight is 320 g/mol. The predicted molar refractivity (Wildman–Crippen MR) is 73.0 cm³/mol. The number of rotatable bonds is 8. The number of aliphatic carboxylic acids is 1. The number of nitrogens with zero attached hydrogens (tertiary/aromatic N) is 1. The van der Waals surface area contributed by atoms with Crippen LogP contribution in [0.3, 0.4) is 0 Å². The Bertz CT molecular complexity index is 511. The number of ether oxygens (including phenoxy) is 2. The number of carbonyl (C=O) groups is 2. The summed E-state index contributed by atoms with van der Waals surface area (Å²) in [5.74, 6) is -2.05. The minimum absolute atomic E-state index is 0.0319. The van der Waals surface area contributed by atoms with E-state index in [0.29, 0.717) is 0 Å². The lowest BCUT2D eigenvalue weighted by atomic mass is 10.3. The molecule has 1 rings (SSSR count). The summed E-state index contributed by atoms with van der Waals surface area (Å²) in [6.07, 6.45) is 0. The van der Waals surface area contributed by atoms with Crippen LogP contribution in [0.2, 0.25) is 5.02 Å². The van der Waals surface area contributed by atoms with Crippen molar-refractivity contribution in [3.8, 4) is 5.75 Å². The SMILES string of the molecule is COCCN(CC(=O)O)C(=O)COc1ccc(F)cc1Cl. The third-order valence-electron chi connectivity index (χ3n) is 2.49. The number of carbonyl (C=O) groups excluding carboxylic acids is 1. The number of hydrogen-bond acceptors (Lipinski definition) is 4. The van der Waals surface area contributed by atoms with Crippen LogP contribution < -0.4 is 4.74 Å². The average Bonchev–Trinajstić information content (AvgIpc) is 2.41. The summed E-state index contributed by atoms with van der Waals surface area (Å²) in [6, 6.07) is 3.49. The Labute approximate surface area is 126 Å². The van der Waals surface area contributed by atoms with Crippen molar-refractivity contribution in [1.29, 1.82) is 0 Å². The monoisotopic (exact) mass is 319 g/mol. The van der Waals surface area contributed by atoms with Gasteiger partial charge >= 0.3 is 5.97 Å². The summed E-state index contributed by atoms with van der Waals surface area (Å²) in [4.78, 5) is 23.7. The first kappa shape index (κ1) is 17.2. The van der Waals surface area contributed by atoms with E-state index in [-0.39, 0.29) is 23.9 Å². The van der Waals surface area contributed by atoms with E-state index in [1.807, 2.05) is 0 Å². The van der Waals surface area contributed by atoms with Crippen LogP contribution in [0.15, 0.2) is 18.2 Å². The second kappa shape index (κ2) is 8.43. The number of carboxylic acids is 1. The molecule has 0 saturated heterocycles. The number of amides is 1. The normalized spacial score (nSPS) is 10.2. The van der Waals surface area contributed by atoms with Crippen LogP contribution in [0.1, 0.15) is 0 Å². The van der Waals surface area contributed by atoms with Gasteiger partial charge in [0.05, 0.1) is 11.6 Å². The van der Waals surface area contributed by atoms with Crippen molar-refractivity contribution < 1.29 is 28.6 Å². The third kappa shape index (κ3) is 5.97. The fourth-order valence-corrected chi connectivity index (χ4v) is 1.70. The van der Waals surface area contributed by atoms with Crippen molar-refractivity contribution >= 4 is 23.5 Å². The van der Waals surface area contributed by atoms with Gasteiger partial charge in [0.15, 0.2) is 6.61 Å². The van der Waals surface area contributed by atoms with Gasteiger partial charge in [0.2, 0.25) is 0 Å². The molecule has 0 aromatic heterocycles. The van der Waals surface area contributed by atoms with Gasteiger partial charge in [-0.2, -0.15) is 0 Å². The molecule has 1 N–H and O–H groups in total. The smallest absolute Gasteiger partial charge is 0.323 e. The Morgan fingerprint density at radius 2 is 2.14 bits per heavy atom. The maximum absolute atomic E-state index is 12.9. The molecule has 0 aliphatic rings. The molecule has 0 atom stereocenters. The van der Waals surface area contributed by atoms with Crippen molar-refractivity contribution in [3.63, 3.8) is 0 Å². The zero-order chi connectivity index (χ0) is 15.8. The highest BCUT2D eigenvalue weighted by atomic mass is 35.5. The molecule has 0 bridgehead atoms. The molecule has 1 aromatic rings. The highest BCUT2D eigenvalue weighted by Crippen LogP contribution is 2.24. The minimum atomic E-state index is -1.14. The zero-order valence-corrected chi connectivity index (χ0v) is 12.1. The molecule has 21 heavy (non-hydrogen) atoms. The van der Waals surface area contributed by atoms with Gasteiger partial charge in [-0.05, 0) is 18.2 Å². The van der Waals surface area contributed by atoms with Gasteiger partial charge in [-0.25, -0.2) is 4.39 Å². The molecule has 0 aliphatic heterocycles. The van der Waals surface area contributed by atoms with Gasteiger partial charge in [0.25, 0.3) is 5.91 Å². The molecule has 6 nitrogen and oxygen atoms in total. The fraction of sp³-hybridized carbons (Fsp3) is 0.385. The van der Waals surface area contributed by atoms with Gasteiger partial charge < -0.3 is 19.5 Å². The van der Waals surface area contributed by atoms with Crippen molar-refractivity contribution in [2.24, 2.45) is 0 Å². The molecule has 0 saturated carbocycles. The largest absolute Gasteiger partial charge is 0.482 e. The molecule has 0 spiro atoms. The van der Waals surface area contributed by atoms with Crippen molar-refractivity contribution in [3.05, 3.63) is 29.0 Å². The lowest BCUT2D eigenvalue weighted by Gasteiger charge is -2.20. The van der Waals surface area contributed by atoms with Gasteiger partial charge in [-0.3, -0.25) is 9.59 Å². The highest BCUT2D eigenvalue weighted by molar-refractivity contribution is 6.32. The summed E-state index contributed by atoms with van der Waals surface area (Å²) in [5, 5.41) is 8.79. The molecule has 8 heteroatoms. The number of halogens is 2. The van der Waals surface area contributed by atoms with E-state index in [1.54, 1.807) is 0 Å². The summed E-state index contributed by atoms with van der Waals surface area (Å²) in [6.45, 7) is -0.524. The van der Waals surface area contributed by atoms with Gasteiger partial charge in [-0.1, -0.05) is 11.6 Å². The fourth-order valence-electron chi connectivity index (χ4n) is 1.48. The van der Waals surface area contributed by atoms with Gasteiger partial charge in [0.1, 0.15) is 18.1 Å². The summed E-state index contributed by atoms with van der Waals surface area (Å²) in [7, 11) is 1.44. The molecule has 0 radical (unpaired) electrons. The van der Waals surface area contributed by atoms with Crippen LogP contribution in [-0.2, 0) is 14.3 Å². The third-order valence-corrected chi connectivity index (χ3v) is 2.78. The van der Waals surface area contributed by atoms with E-state index in [2.05, 4.69) is 0 Å². The van der Waals surface area contributed by atoms with E-state index in [1.165, 1.54) is 13.2 Å². The van der Waals surface area contributed by atoms with Crippen LogP contribution in [0.25, 0.3) is 0 Å². The minimum Gasteiger partial charge on any atom is -0.482 e. The summed E-state index contributed by atoms with van der Waals surface area (Å²) >= 11 is 5.76. The standard InChI is InChI=1S/C13H15ClFNO5/c1-20-5-4-16(7-13(18)19)12(17)8-21-11-3-2-9(15)6-10(11)14/h2-3,6H,4-5,7-8H2,1H3,(H,18,19). The van der Waals surface area contributed by atoms with E-state index < -0.39 is 30.8 Å². The summed E-state index contributed by atoms with van der Waals surface area (Å²) in [5.41, 5.74) is 0. The first-order valence-corrected chi connectivity index (χ1v) is 6.38. The number of benzene rings is 1. The zero-order valence-electron chi connectivity index (χ0n) is 11.3. The van der Waals surface area contributed by atoms with E-state index >= 15 is 0 Å². The molecule has 0 fully saturated rings. The maximum Gasteiger partial charge on any atom is 0.323 e. The molecule has 0 aliphatic carbocycles. The highest BCUT2D eigenvalue weighted by Gasteiger charge is 2.17. The molecule has 1 amide bonds. The molecule has 1 aromatic carbocycles. The summed E-state index contributed by atoms with van der Waals surface area (Å²) < 4.78 is 22.8. The first-order chi connectivity index (χ1) is 9.93. The molecule has 116 valence electrons. The Kier molecular flexibility index (Phi) is 6.90. The number of methoxy groups -OCH3 is 1. The maximum atomic E-state index is 12.9. The Hall–Kier alpha value is -1.86. The van der Waals surface area contributed by atoms with Crippen LogP contribution in [-0.4, -0.2) is 55.3 Å². The predicted octanol–water partition coefficient (Wildman–Crippen LogP) is 1.42. The van der Waals surface area contributed by atoms with Gasteiger partial charge in [0, 0.05) is 13.7 Å². The second-order valence-electron chi connectivity index (χ2n) is 4.07. The lowest BCUT2D eigenvalue weighted by Crippen LogP contribution is -2.40. The molecule has 0 heterocycles. The lowest BCUT2D eigenvalue weighted by molar-refractivity contribution is -0.145. The van der Waals surface area contributed by atoms with Crippen LogP contribution >= 0.6 is 11.6 Å². The van der Waals surface area contributed by atoms with Crippen molar-refractivity contribution in [1.82, 2.24) is 4.90 Å². The Balaban J connectivity index is 2.61. The van der Waals surface area contributed by atoms with Crippen molar-refractivity contribution in [2.45, 2.75) is 0 Å². The Morgan fingerprint density at radius 3 is 2.71 bits per heavy atom.